The van der Waals surface area contributed by atoms with E-state index in [1.807, 2.05) is 0 Å². The van der Waals surface area contributed by atoms with Crippen molar-refractivity contribution < 1.29 is 5.11 Å². The molecule has 0 aliphatic heterocycles. The second-order valence-corrected chi connectivity index (χ2v) is 6.29. The van der Waals surface area contributed by atoms with Crippen molar-refractivity contribution in [1.82, 2.24) is 5.32 Å². The van der Waals surface area contributed by atoms with Gasteiger partial charge in [0.25, 0.3) is 0 Å². The summed E-state index contributed by atoms with van der Waals surface area (Å²) >= 11 is 0. The van der Waals surface area contributed by atoms with E-state index in [0.29, 0.717) is 6.54 Å². The molecule has 0 amide bonds. The molecule has 1 atom stereocenters. The van der Waals surface area contributed by atoms with Crippen LogP contribution in [0.5, 0.6) is 0 Å². The average Bonchev–Trinajstić information content (AvgIpc) is 2.85. The van der Waals surface area contributed by atoms with E-state index in [0.717, 1.165) is 6.54 Å². The fourth-order valence-corrected chi connectivity index (χ4v) is 2.73. The van der Waals surface area contributed by atoms with Crippen LogP contribution in [-0.2, 0) is 18.3 Å². The smallest absolute Gasteiger partial charge is 0.0594 e. The Morgan fingerprint density at radius 1 is 1.32 bits per heavy atom. The number of nitrogens with two attached hydrogens (primary N) is 1. The zero-order chi connectivity index (χ0) is 13.9. The Balaban J connectivity index is 1.98. The number of benzene rings is 1. The minimum absolute atomic E-state index is 0.0340. The highest BCUT2D eigenvalue weighted by Crippen LogP contribution is 2.29. The highest BCUT2D eigenvalue weighted by Gasteiger charge is 2.22. The molecule has 0 saturated carbocycles. The largest absolute Gasteiger partial charge is 0.395 e. The molecule has 1 aromatic carbocycles. The first-order chi connectivity index (χ1) is 9.03. The van der Waals surface area contributed by atoms with E-state index in [1.54, 1.807) is 0 Å². The van der Waals surface area contributed by atoms with E-state index in [-0.39, 0.29) is 18.1 Å². The lowest BCUT2D eigenvalue weighted by Crippen LogP contribution is -2.41. The van der Waals surface area contributed by atoms with E-state index < -0.39 is 0 Å². The second kappa shape index (κ2) is 6.04. The van der Waals surface area contributed by atoms with Gasteiger partial charge in [-0.25, -0.2) is 0 Å². The van der Waals surface area contributed by atoms with E-state index in [1.165, 1.54) is 36.0 Å². The molecule has 0 bridgehead atoms. The Hall–Kier alpha value is -0.900. The van der Waals surface area contributed by atoms with E-state index in [4.69, 9.17) is 10.8 Å². The van der Waals surface area contributed by atoms with Crippen molar-refractivity contribution in [3.05, 3.63) is 34.9 Å². The second-order valence-electron chi connectivity index (χ2n) is 6.29. The van der Waals surface area contributed by atoms with Crippen molar-refractivity contribution in [2.24, 2.45) is 5.73 Å². The molecule has 0 radical (unpaired) electrons. The van der Waals surface area contributed by atoms with Crippen LogP contribution in [0.2, 0.25) is 0 Å². The van der Waals surface area contributed by atoms with Crippen molar-refractivity contribution in [2.45, 2.75) is 44.6 Å². The van der Waals surface area contributed by atoms with Crippen LogP contribution in [0.3, 0.4) is 0 Å². The lowest BCUT2D eigenvalue weighted by atomic mass is 9.83. The number of fused-ring (bicyclic) bond motifs is 1. The molecule has 1 aliphatic carbocycles. The summed E-state index contributed by atoms with van der Waals surface area (Å²) < 4.78 is 0. The summed E-state index contributed by atoms with van der Waals surface area (Å²) in [6, 6.07) is 6.75. The van der Waals surface area contributed by atoms with Crippen molar-refractivity contribution in [3.63, 3.8) is 0 Å². The average molecular weight is 262 g/mol. The summed E-state index contributed by atoms with van der Waals surface area (Å²) in [4.78, 5) is 0. The van der Waals surface area contributed by atoms with Gasteiger partial charge in [-0.1, -0.05) is 32.0 Å². The van der Waals surface area contributed by atoms with Gasteiger partial charge in [0.05, 0.1) is 6.61 Å². The van der Waals surface area contributed by atoms with Gasteiger partial charge in [0.2, 0.25) is 0 Å². The standard InChI is InChI=1S/C16H26N2O/c1-16(2,11-18-9-15(17)10-19)14-7-6-12-4-3-5-13(12)8-14/h6-8,15,18-19H,3-5,9-11,17H2,1-2H3. The number of nitrogens with one attached hydrogen (secondary N) is 1. The first kappa shape index (κ1) is 14.5. The fraction of sp³-hybridized carbons (Fsp3) is 0.625. The monoisotopic (exact) mass is 262 g/mol. The van der Waals surface area contributed by atoms with Gasteiger partial charge < -0.3 is 16.2 Å². The highest BCUT2D eigenvalue weighted by molar-refractivity contribution is 5.38. The maximum absolute atomic E-state index is 8.92. The normalized spacial score (nSPS) is 16.4. The third-order valence-corrected chi connectivity index (χ3v) is 4.09. The Morgan fingerprint density at radius 3 is 2.79 bits per heavy atom. The predicted octanol–water partition coefficient (Wildman–Crippen LogP) is 1.36. The highest BCUT2D eigenvalue weighted by atomic mass is 16.3. The minimum Gasteiger partial charge on any atom is -0.395 e. The molecule has 0 saturated heterocycles. The molecule has 1 aromatic rings. The van der Waals surface area contributed by atoms with E-state index >= 15 is 0 Å². The van der Waals surface area contributed by atoms with E-state index in [9.17, 15) is 0 Å². The summed E-state index contributed by atoms with van der Waals surface area (Å²) in [6.45, 7) is 6.07. The van der Waals surface area contributed by atoms with Crippen LogP contribution in [0.25, 0.3) is 0 Å². The lowest BCUT2D eigenvalue weighted by molar-refractivity contribution is 0.260. The fourth-order valence-electron chi connectivity index (χ4n) is 2.73. The van der Waals surface area contributed by atoms with Crippen molar-refractivity contribution >= 4 is 0 Å². The third kappa shape index (κ3) is 3.56. The van der Waals surface area contributed by atoms with Crippen LogP contribution in [0.4, 0.5) is 0 Å². The van der Waals surface area contributed by atoms with Gasteiger partial charge in [0, 0.05) is 24.5 Å². The molecule has 4 N–H and O–H groups in total. The summed E-state index contributed by atoms with van der Waals surface area (Å²) in [5.41, 5.74) is 10.2. The van der Waals surface area contributed by atoms with Crippen LogP contribution in [0, 0.1) is 0 Å². The number of hydrogen-bond donors (Lipinski definition) is 3. The van der Waals surface area contributed by atoms with Crippen LogP contribution < -0.4 is 11.1 Å². The topological polar surface area (TPSA) is 58.3 Å². The van der Waals surface area contributed by atoms with Crippen LogP contribution >= 0.6 is 0 Å². The van der Waals surface area contributed by atoms with Crippen LogP contribution in [0.15, 0.2) is 18.2 Å². The van der Waals surface area contributed by atoms with E-state index in [2.05, 4.69) is 37.4 Å². The van der Waals surface area contributed by atoms with Crippen molar-refractivity contribution in [1.29, 1.82) is 0 Å². The molecule has 0 fully saturated rings. The van der Waals surface area contributed by atoms with Crippen LogP contribution in [0.1, 0.15) is 37.0 Å². The molecule has 0 spiro atoms. The molecule has 0 heterocycles. The third-order valence-electron chi connectivity index (χ3n) is 4.09. The molecule has 2 rings (SSSR count). The number of hydrogen-bond acceptors (Lipinski definition) is 3. The summed E-state index contributed by atoms with van der Waals surface area (Å²) in [7, 11) is 0. The Kier molecular flexibility index (Phi) is 4.61. The molecule has 3 nitrogen and oxygen atoms in total. The Bertz CT molecular complexity index is 429. The van der Waals surface area contributed by atoms with Crippen molar-refractivity contribution in [2.75, 3.05) is 19.7 Å². The summed E-state index contributed by atoms with van der Waals surface area (Å²) in [6.07, 6.45) is 3.75. The number of aryl methyl sites for hydroxylation is 2. The van der Waals surface area contributed by atoms with Gasteiger partial charge in [-0.3, -0.25) is 0 Å². The van der Waals surface area contributed by atoms with Gasteiger partial charge in [-0.2, -0.15) is 0 Å². The van der Waals surface area contributed by atoms with Gasteiger partial charge in [0.1, 0.15) is 0 Å². The Morgan fingerprint density at radius 2 is 2.05 bits per heavy atom. The minimum atomic E-state index is -0.171. The molecule has 1 unspecified atom stereocenters. The quantitative estimate of drug-likeness (QED) is 0.725. The molecular weight excluding hydrogens is 236 g/mol. The number of aliphatic hydroxyl groups is 1. The molecule has 106 valence electrons. The summed E-state index contributed by atoms with van der Waals surface area (Å²) in [5, 5.41) is 12.3. The molecule has 19 heavy (non-hydrogen) atoms. The summed E-state index contributed by atoms with van der Waals surface area (Å²) in [5.74, 6) is 0. The zero-order valence-electron chi connectivity index (χ0n) is 12.1. The van der Waals surface area contributed by atoms with Gasteiger partial charge in [0.15, 0.2) is 0 Å². The first-order valence-corrected chi connectivity index (χ1v) is 7.22. The van der Waals surface area contributed by atoms with Crippen molar-refractivity contribution in [3.8, 4) is 0 Å². The van der Waals surface area contributed by atoms with Crippen LogP contribution in [-0.4, -0.2) is 30.8 Å². The Labute approximate surface area is 116 Å². The maximum atomic E-state index is 8.92. The molecule has 3 heteroatoms. The lowest BCUT2D eigenvalue weighted by Gasteiger charge is -2.27. The SMILES string of the molecule is CC(C)(CNCC(N)CO)c1ccc2c(c1)CCC2. The van der Waals surface area contributed by atoms with Gasteiger partial charge >= 0.3 is 0 Å². The maximum Gasteiger partial charge on any atom is 0.0594 e. The number of rotatable bonds is 6. The predicted molar refractivity (Wildman–Crippen MR) is 79.4 cm³/mol. The number of aliphatic hydroxyl groups excluding tert-OH is 1. The van der Waals surface area contributed by atoms with Gasteiger partial charge in [-0.05, 0) is 36.0 Å². The molecule has 1 aliphatic rings. The molecule has 0 aromatic heterocycles. The first-order valence-electron chi connectivity index (χ1n) is 7.22. The molecular formula is C16H26N2O. The van der Waals surface area contributed by atoms with Gasteiger partial charge in [-0.15, -0.1) is 0 Å². The zero-order valence-corrected chi connectivity index (χ0v) is 12.1.